The van der Waals surface area contributed by atoms with E-state index in [0.717, 1.165) is 0 Å². The summed E-state index contributed by atoms with van der Waals surface area (Å²) < 4.78 is 10.2. The van der Waals surface area contributed by atoms with Crippen LogP contribution in [-0.2, 0) is 9.05 Å². The molecule has 0 aliphatic carbocycles. The molecule has 0 aromatic rings. The lowest BCUT2D eigenvalue weighted by atomic mass is 10.3. The van der Waals surface area contributed by atoms with Crippen LogP contribution in [0.5, 0.6) is 0 Å². The van der Waals surface area contributed by atoms with Gasteiger partial charge in [-0.2, -0.15) is 0 Å². The molecule has 1 heterocycles. The van der Waals surface area contributed by atoms with Gasteiger partial charge < -0.3 is 9.05 Å². The fourth-order valence-corrected chi connectivity index (χ4v) is 2.13. The zero-order chi connectivity index (χ0) is 6.15. The van der Waals surface area contributed by atoms with Crippen molar-refractivity contribution in [3.05, 3.63) is 0 Å². The first-order chi connectivity index (χ1) is 3.70. The average molecular weight is 155 g/mol. The molecule has 1 aliphatic heterocycles. The van der Waals surface area contributed by atoms with Gasteiger partial charge in [-0.3, -0.25) is 0 Å². The molecule has 0 bridgehead atoms. The number of rotatable bonds is 0. The second-order valence-corrected chi connectivity index (χ2v) is 3.51. The van der Waals surface area contributed by atoms with E-state index in [1.54, 1.807) is 0 Å². The average Bonchev–Trinajstić information content (AvgIpc) is 1.85. The highest BCUT2D eigenvalue weighted by Crippen LogP contribution is 2.52. The fraction of sp³-hybridized carbons (Fsp3) is 1.00. The lowest BCUT2D eigenvalue weighted by molar-refractivity contribution is 0.187. The SMILES string of the molecule is C[C@H]1OP(Cl)O[C@@H]1C. The van der Waals surface area contributed by atoms with Crippen LogP contribution in [-0.4, -0.2) is 12.2 Å². The third kappa shape index (κ3) is 1.32. The van der Waals surface area contributed by atoms with Gasteiger partial charge in [0.1, 0.15) is 0 Å². The summed E-state index contributed by atoms with van der Waals surface area (Å²) in [5.41, 5.74) is 0. The molecule has 48 valence electrons. The minimum atomic E-state index is -1.07. The van der Waals surface area contributed by atoms with Crippen molar-refractivity contribution < 1.29 is 9.05 Å². The van der Waals surface area contributed by atoms with Crippen molar-refractivity contribution in [2.45, 2.75) is 26.1 Å². The van der Waals surface area contributed by atoms with E-state index in [4.69, 9.17) is 20.3 Å². The van der Waals surface area contributed by atoms with Crippen LogP contribution in [0.3, 0.4) is 0 Å². The Morgan fingerprint density at radius 2 is 1.62 bits per heavy atom. The Hall–Kier alpha value is 0.640. The summed E-state index contributed by atoms with van der Waals surface area (Å²) in [6.45, 7) is 3.91. The number of hydrogen-bond donors (Lipinski definition) is 0. The van der Waals surface area contributed by atoms with Crippen LogP contribution < -0.4 is 0 Å². The summed E-state index contributed by atoms with van der Waals surface area (Å²) in [7, 11) is -1.07. The van der Waals surface area contributed by atoms with Crippen molar-refractivity contribution in [2.24, 2.45) is 0 Å². The molecule has 1 fully saturated rings. The van der Waals surface area contributed by atoms with Crippen LogP contribution in [0.4, 0.5) is 0 Å². The normalized spacial score (nSPS) is 40.9. The summed E-state index contributed by atoms with van der Waals surface area (Å²) in [6, 6.07) is 0. The second kappa shape index (κ2) is 2.49. The van der Waals surface area contributed by atoms with Crippen molar-refractivity contribution in [1.29, 1.82) is 0 Å². The van der Waals surface area contributed by atoms with Gasteiger partial charge in [-0.15, -0.1) is 0 Å². The van der Waals surface area contributed by atoms with E-state index in [-0.39, 0.29) is 12.2 Å². The molecule has 0 amide bonds. The Morgan fingerprint density at radius 3 is 1.75 bits per heavy atom. The molecular weight excluding hydrogens is 146 g/mol. The van der Waals surface area contributed by atoms with Crippen LogP contribution in [0.25, 0.3) is 0 Å². The van der Waals surface area contributed by atoms with E-state index in [9.17, 15) is 0 Å². The second-order valence-electron chi connectivity index (χ2n) is 1.83. The van der Waals surface area contributed by atoms with Gasteiger partial charge in [0, 0.05) is 0 Å². The molecule has 1 aliphatic rings. The monoisotopic (exact) mass is 154 g/mol. The van der Waals surface area contributed by atoms with Gasteiger partial charge >= 0.3 is 0 Å². The van der Waals surface area contributed by atoms with E-state index in [0.29, 0.717) is 0 Å². The minimum absolute atomic E-state index is 0.165. The molecule has 1 saturated heterocycles. The van der Waals surface area contributed by atoms with Crippen LogP contribution in [0.1, 0.15) is 13.8 Å². The van der Waals surface area contributed by atoms with E-state index in [2.05, 4.69) is 0 Å². The van der Waals surface area contributed by atoms with Crippen LogP contribution in [0, 0.1) is 0 Å². The molecule has 1 rings (SSSR count). The van der Waals surface area contributed by atoms with Crippen LogP contribution in [0.15, 0.2) is 0 Å². The first-order valence-electron chi connectivity index (χ1n) is 2.49. The van der Waals surface area contributed by atoms with Gasteiger partial charge in [0.2, 0.25) is 0 Å². The number of hydrogen-bond acceptors (Lipinski definition) is 2. The highest BCUT2D eigenvalue weighted by molar-refractivity contribution is 7.76. The van der Waals surface area contributed by atoms with Crippen molar-refractivity contribution in [1.82, 2.24) is 0 Å². The maximum atomic E-state index is 5.52. The summed E-state index contributed by atoms with van der Waals surface area (Å²) in [4.78, 5) is 0. The molecule has 0 spiro atoms. The molecule has 0 saturated carbocycles. The topological polar surface area (TPSA) is 18.5 Å². The van der Waals surface area contributed by atoms with E-state index in [1.807, 2.05) is 13.8 Å². The molecular formula is C4H8ClO2P. The number of halogens is 1. The summed E-state index contributed by atoms with van der Waals surface area (Å²) in [5, 5.41) is 0. The summed E-state index contributed by atoms with van der Waals surface area (Å²) in [6.07, 6.45) is 0.331. The van der Waals surface area contributed by atoms with Crippen LogP contribution >= 0.6 is 19.0 Å². The molecule has 0 unspecified atom stereocenters. The predicted molar refractivity (Wildman–Crippen MR) is 33.9 cm³/mol. The molecule has 0 N–H and O–H groups in total. The van der Waals surface area contributed by atoms with Gasteiger partial charge in [-0.1, -0.05) is 0 Å². The predicted octanol–water partition coefficient (Wildman–Crippen LogP) is 2.28. The lowest BCUT2D eigenvalue weighted by Crippen LogP contribution is -2.13. The van der Waals surface area contributed by atoms with E-state index in [1.165, 1.54) is 0 Å². The standard InChI is InChI=1S/C4H8ClO2P/c1-3-4(2)7-8(5)6-3/h3-4H,1-2H3/t3-,4-/m1/s1. The first-order valence-corrected chi connectivity index (χ1v) is 4.58. The Bertz CT molecular complexity index is 80.1. The first kappa shape index (κ1) is 6.76. The highest BCUT2D eigenvalue weighted by Gasteiger charge is 2.28. The summed E-state index contributed by atoms with van der Waals surface area (Å²) in [5.74, 6) is 0. The zero-order valence-electron chi connectivity index (χ0n) is 4.80. The van der Waals surface area contributed by atoms with E-state index < -0.39 is 7.73 Å². The maximum absolute atomic E-state index is 5.52. The lowest BCUT2D eigenvalue weighted by Gasteiger charge is -2.01. The Balaban J connectivity index is 2.39. The van der Waals surface area contributed by atoms with Crippen molar-refractivity contribution in [3.63, 3.8) is 0 Å². The minimum Gasteiger partial charge on any atom is -0.316 e. The fourth-order valence-electron chi connectivity index (χ4n) is 0.458. The molecule has 8 heavy (non-hydrogen) atoms. The zero-order valence-corrected chi connectivity index (χ0v) is 6.45. The molecule has 0 aromatic carbocycles. The molecule has 0 radical (unpaired) electrons. The van der Waals surface area contributed by atoms with Crippen molar-refractivity contribution >= 4 is 19.0 Å². The van der Waals surface area contributed by atoms with Crippen molar-refractivity contribution in [3.8, 4) is 0 Å². The summed E-state index contributed by atoms with van der Waals surface area (Å²) >= 11 is 5.52. The van der Waals surface area contributed by atoms with Gasteiger partial charge in [-0.25, -0.2) is 0 Å². The quantitative estimate of drug-likeness (QED) is 0.499. The smallest absolute Gasteiger partial charge is 0.277 e. The third-order valence-electron chi connectivity index (χ3n) is 1.16. The molecule has 4 heteroatoms. The van der Waals surface area contributed by atoms with Gasteiger partial charge in [0.15, 0.2) is 0 Å². The van der Waals surface area contributed by atoms with Gasteiger partial charge in [0.25, 0.3) is 7.73 Å². The molecule has 0 aromatic heterocycles. The molecule has 2 atom stereocenters. The largest absolute Gasteiger partial charge is 0.316 e. The van der Waals surface area contributed by atoms with Crippen molar-refractivity contribution in [2.75, 3.05) is 0 Å². The Labute approximate surface area is 54.8 Å². The third-order valence-corrected chi connectivity index (χ3v) is 2.63. The van der Waals surface area contributed by atoms with E-state index >= 15 is 0 Å². The molecule has 2 nitrogen and oxygen atoms in total. The highest BCUT2D eigenvalue weighted by atomic mass is 35.7. The maximum Gasteiger partial charge on any atom is 0.277 e. The van der Waals surface area contributed by atoms with Crippen LogP contribution in [0.2, 0.25) is 0 Å². The van der Waals surface area contributed by atoms with Gasteiger partial charge in [0.05, 0.1) is 12.2 Å². The van der Waals surface area contributed by atoms with Gasteiger partial charge in [-0.05, 0) is 25.1 Å². The Kier molecular flexibility index (Phi) is 2.10. The Morgan fingerprint density at radius 1 is 1.25 bits per heavy atom.